The topological polar surface area (TPSA) is 55.6 Å². The van der Waals surface area contributed by atoms with Crippen molar-refractivity contribution in [1.82, 2.24) is 19.5 Å². The summed E-state index contributed by atoms with van der Waals surface area (Å²) in [5.41, 5.74) is 1.58. The average molecular weight is 297 g/mol. The van der Waals surface area contributed by atoms with Gasteiger partial charge in [0.2, 0.25) is 0 Å². The molecule has 22 heavy (non-hydrogen) atoms. The number of nitrogens with zero attached hydrogens (tertiary/aromatic N) is 4. The lowest BCUT2D eigenvalue weighted by molar-refractivity contribution is 0.703. The lowest BCUT2D eigenvalue weighted by Gasteiger charge is -2.09. The van der Waals surface area contributed by atoms with Crippen LogP contribution in [0.3, 0.4) is 0 Å². The molecule has 0 fully saturated rings. The number of allylic oxidation sites excluding steroid dienone is 1. The van der Waals surface area contributed by atoms with Crippen molar-refractivity contribution in [2.45, 2.75) is 45.4 Å². The number of aromatic nitrogens is 4. The van der Waals surface area contributed by atoms with Crippen molar-refractivity contribution in [1.29, 1.82) is 0 Å². The van der Waals surface area contributed by atoms with E-state index in [-0.39, 0.29) is 0 Å². The van der Waals surface area contributed by atoms with Crippen molar-refractivity contribution in [2.24, 2.45) is 0 Å². The van der Waals surface area contributed by atoms with E-state index in [2.05, 4.69) is 26.3 Å². The molecule has 0 atom stereocenters. The largest absolute Gasteiger partial charge is 0.368 e. The van der Waals surface area contributed by atoms with Crippen LogP contribution in [0.5, 0.6) is 0 Å². The molecule has 2 heterocycles. The van der Waals surface area contributed by atoms with Gasteiger partial charge < -0.3 is 5.32 Å². The Morgan fingerprint density at radius 2 is 2.18 bits per heavy atom. The molecule has 2 aromatic heterocycles. The summed E-state index contributed by atoms with van der Waals surface area (Å²) in [6.45, 7) is 2.87. The van der Waals surface area contributed by atoms with E-state index in [0.29, 0.717) is 0 Å². The van der Waals surface area contributed by atoms with E-state index in [1.165, 1.54) is 32.1 Å². The molecule has 3 rings (SSSR count). The third-order valence-corrected chi connectivity index (χ3v) is 4.08. The number of anilines is 1. The Morgan fingerprint density at radius 3 is 3.05 bits per heavy atom. The van der Waals surface area contributed by atoms with Gasteiger partial charge in [-0.25, -0.2) is 9.97 Å². The van der Waals surface area contributed by atoms with Gasteiger partial charge in [0.25, 0.3) is 0 Å². The summed E-state index contributed by atoms with van der Waals surface area (Å²) >= 11 is 0. The summed E-state index contributed by atoms with van der Waals surface area (Å²) in [6, 6.07) is 0. The van der Waals surface area contributed by atoms with E-state index in [1.807, 2.05) is 17.7 Å². The summed E-state index contributed by atoms with van der Waals surface area (Å²) in [5.74, 6) is 2.53. The lowest BCUT2D eigenvalue weighted by atomic mass is 10.1. The number of rotatable bonds is 5. The highest BCUT2D eigenvalue weighted by Crippen LogP contribution is 2.19. The molecule has 5 heteroatoms. The van der Waals surface area contributed by atoms with Gasteiger partial charge in [-0.1, -0.05) is 18.1 Å². The van der Waals surface area contributed by atoms with Crippen molar-refractivity contribution < 1.29 is 0 Å². The fourth-order valence-corrected chi connectivity index (χ4v) is 2.84. The summed E-state index contributed by atoms with van der Waals surface area (Å²) in [6.07, 6.45) is 17.3. The Morgan fingerprint density at radius 1 is 1.23 bits per heavy atom. The van der Waals surface area contributed by atoms with Gasteiger partial charge in [0.15, 0.2) is 5.82 Å². The van der Waals surface area contributed by atoms with E-state index in [1.54, 1.807) is 24.2 Å². The molecule has 1 N–H and O–H groups in total. The van der Waals surface area contributed by atoms with Gasteiger partial charge in [-0.2, -0.15) is 0 Å². The number of aryl methyl sites for hydroxylation is 1. The van der Waals surface area contributed by atoms with Crippen molar-refractivity contribution >= 4 is 5.82 Å². The standard InChI is InChI=1S/C17H23N5/c1-14-19-10-11-22(14)17-13-18-12-16(21-17)20-9-8-15-6-4-2-3-5-7-15/h6,10-13H,2-5,7-9H2,1H3,(H,20,21). The van der Waals surface area contributed by atoms with Gasteiger partial charge in [-0.15, -0.1) is 0 Å². The Labute approximate surface area is 131 Å². The second-order valence-electron chi connectivity index (χ2n) is 5.75. The average Bonchev–Trinajstić information content (AvgIpc) is 2.80. The van der Waals surface area contributed by atoms with Crippen LogP contribution < -0.4 is 5.32 Å². The van der Waals surface area contributed by atoms with Crippen LogP contribution in [0, 0.1) is 6.92 Å². The first-order valence-electron chi connectivity index (χ1n) is 8.07. The third-order valence-electron chi connectivity index (χ3n) is 4.08. The quantitative estimate of drug-likeness (QED) is 0.856. The summed E-state index contributed by atoms with van der Waals surface area (Å²) in [7, 11) is 0. The molecule has 0 aromatic carbocycles. The smallest absolute Gasteiger partial charge is 0.159 e. The van der Waals surface area contributed by atoms with Crippen LogP contribution >= 0.6 is 0 Å². The fourth-order valence-electron chi connectivity index (χ4n) is 2.84. The van der Waals surface area contributed by atoms with E-state index in [0.717, 1.165) is 30.4 Å². The molecule has 0 saturated carbocycles. The number of imidazole rings is 1. The van der Waals surface area contributed by atoms with Crippen molar-refractivity contribution in [3.05, 3.63) is 42.3 Å². The number of hydrogen-bond donors (Lipinski definition) is 1. The normalized spacial score (nSPS) is 15.2. The fraction of sp³-hybridized carbons (Fsp3) is 0.471. The maximum Gasteiger partial charge on any atom is 0.159 e. The summed E-state index contributed by atoms with van der Waals surface area (Å²) < 4.78 is 1.94. The third kappa shape index (κ3) is 3.72. The Kier molecular flexibility index (Phi) is 4.83. The highest BCUT2D eigenvalue weighted by atomic mass is 15.2. The van der Waals surface area contributed by atoms with Crippen LogP contribution in [0.25, 0.3) is 5.82 Å². The predicted molar refractivity (Wildman–Crippen MR) is 88.2 cm³/mol. The first kappa shape index (κ1) is 14.8. The monoisotopic (exact) mass is 297 g/mol. The molecule has 0 unspecified atom stereocenters. The molecule has 0 spiro atoms. The van der Waals surface area contributed by atoms with Gasteiger partial charge in [-0.3, -0.25) is 9.55 Å². The van der Waals surface area contributed by atoms with Crippen LogP contribution in [0.15, 0.2) is 36.4 Å². The van der Waals surface area contributed by atoms with Gasteiger partial charge in [0.1, 0.15) is 11.6 Å². The molecule has 116 valence electrons. The Hall–Kier alpha value is -2.17. The second-order valence-corrected chi connectivity index (χ2v) is 5.75. The zero-order chi connectivity index (χ0) is 15.2. The molecule has 2 aromatic rings. The molecule has 0 bridgehead atoms. The van der Waals surface area contributed by atoms with Gasteiger partial charge in [0, 0.05) is 18.9 Å². The Balaban J connectivity index is 1.59. The second kappa shape index (κ2) is 7.20. The molecule has 1 aliphatic rings. The first-order valence-corrected chi connectivity index (χ1v) is 8.07. The molecule has 0 amide bonds. The van der Waals surface area contributed by atoms with Crippen LogP contribution in [-0.2, 0) is 0 Å². The van der Waals surface area contributed by atoms with Crippen molar-refractivity contribution in [2.75, 3.05) is 11.9 Å². The van der Waals surface area contributed by atoms with Crippen LogP contribution in [0.4, 0.5) is 5.82 Å². The predicted octanol–water partition coefficient (Wildman–Crippen LogP) is 3.66. The highest BCUT2D eigenvalue weighted by Gasteiger charge is 2.05. The van der Waals surface area contributed by atoms with E-state index >= 15 is 0 Å². The maximum atomic E-state index is 4.61. The molecular weight excluding hydrogens is 274 g/mol. The maximum absolute atomic E-state index is 4.61. The number of hydrogen-bond acceptors (Lipinski definition) is 4. The summed E-state index contributed by atoms with van der Waals surface area (Å²) in [4.78, 5) is 13.1. The number of nitrogens with one attached hydrogen (secondary N) is 1. The van der Waals surface area contributed by atoms with Crippen molar-refractivity contribution in [3.8, 4) is 5.82 Å². The molecule has 0 saturated heterocycles. The van der Waals surface area contributed by atoms with Crippen LogP contribution in [0.2, 0.25) is 0 Å². The summed E-state index contributed by atoms with van der Waals surface area (Å²) in [5, 5.41) is 3.39. The van der Waals surface area contributed by atoms with Crippen molar-refractivity contribution in [3.63, 3.8) is 0 Å². The first-order chi connectivity index (χ1) is 10.8. The molecule has 0 radical (unpaired) electrons. The highest BCUT2D eigenvalue weighted by molar-refractivity contribution is 5.36. The minimum absolute atomic E-state index is 0.800. The van der Waals surface area contributed by atoms with Gasteiger partial charge in [0.05, 0.1) is 12.4 Å². The zero-order valence-electron chi connectivity index (χ0n) is 13.1. The van der Waals surface area contributed by atoms with Gasteiger partial charge >= 0.3 is 0 Å². The van der Waals surface area contributed by atoms with Crippen LogP contribution in [0.1, 0.15) is 44.3 Å². The minimum atomic E-state index is 0.800. The van der Waals surface area contributed by atoms with E-state index in [4.69, 9.17) is 0 Å². The van der Waals surface area contributed by atoms with E-state index < -0.39 is 0 Å². The lowest BCUT2D eigenvalue weighted by Crippen LogP contribution is -2.07. The van der Waals surface area contributed by atoms with Crippen LogP contribution in [-0.4, -0.2) is 26.1 Å². The Bertz CT molecular complexity index is 644. The molecular formula is C17H23N5. The van der Waals surface area contributed by atoms with E-state index in [9.17, 15) is 0 Å². The minimum Gasteiger partial charge on any atom is -0.368 e. The van der Waals surface area contributed by atoms with Gasteiger partial charge in [-0.05, 0) is 39.0 Å². The SMILES string of the molecule is Cc1nccn1-c1cncc(NCCC2=CCCCCC2)n1. The molecule has 5 nitrogen and oxygen atoms in total. The molecule has 0 aliphatic heterocycles. The molecule has 1 aliphatic carbocycles. The zero-order valence-corrected chi connectivity index (χ0v) is 13.1.